The van der Waals surface area contributed by atoms with Gasteiger partial charge in [-0.3, -0.25) is 9.59 Å². The predicted molar refractivity (Wildman–Crippen MR) is 113 cm³/mol. The molecule has 0 heterocycles. The van der Waals surface area contributed by atoms with Crippen LogP contribution >= 0.6 is 12.4 Å². The van der Waals surface area contributed by atoms with Crippen LogP contribution in [0.3, 0.4) is 0 Å². The van der Waals surface area contributed by atoms with Crippen molar-refractivity contribution in [3.05, 3.63) is 52.6 Å². The molecule has 7 nitrogen and oxygen atoms in total. The van der Waals surface area contributed by atoms with Crippen LogP contribution in [0.2, 0.25) is 0 Å². The lowest BCUT2D eigenvalue weighted by molar-refractivity contribution is 0.0995. The number of nitrogens with two attached hydrogens (primary N) is 1. The Morgan fingerprint density at radius 1 is 0.862 bits per heavy atom. The number of carbonyl (C=O) groups is 2. The fourth-order valence-corrected chi connectivity index (χ4v) is 2.76. The van der Waals surface area contributed by atoms with Gasteiger partial charge in [0.15, 0.2) is 17.3 Å². The van der Waals surface area contributed by atoms with Gasteiger partial charge in [-0.05, 0) is 48.4 Å². The number of rotatable bonds is 8. The van der Waals surface area contributed by atoms with Crippen LogP contribution in [0.5, 0.6) is 23.0 Å². The average molecular weight is 422 g/mol. The average Bonchev–Trinajstić information content (AvgIpc) is 2.71. The summed E-state index contributed by atoms with van der Waals surface area (Å²) in [6.07, 6.45) is 1.66. The number of allylic oxidation sites excluding steroid dienone is 1. The van der Waals surface area contributed by atoms with Gasteiger partial charge in [0.2, 0.25) is 5.75 Å². The maximum atomic E-state index is 12.9. The number of halogens is 1. The van der Waals surface area contributed by atoms with Crippen LogP contribution in [0.15, 0.2) is 35.9 Å². The summed E-state index contributed by atoms with van der Waals surface area (Å²) >= 11 is 0. The molecule has 2 rings (SSSR count). The highest BCUT2D eigenvalue weighted by molar-refractivity contribution is 6.11. The van der Waals surface area contributed by atoms with E-state index in [2.05, 4.69) is 0 Å². The maximum Gasteiger partial charge on any atom is 0.252 e. The zero-order valence-corrected chi connectivity index (χ0v) is 17.7. The minimum atomic E-state index is -0.610. The maximum absolute atomic E-state index is 12.9. The van der Waals surface area contributed by atoms with E-state index in [0.29, 0.717) is 39.7 Å². The van der Waals surface area contributed by atoms with E-state index in [-0.39, 0.29) is 23.8 Å². The molecule has 0 bridgehead atoms. The summed E-state index contributed by atoms with van der Waals surface area (Å²) in [6, 6.07) is 8.11. The molecule has 0 aliphatic rings. The third kappa shape index (κ3) is 5.20. The molecule has 0 aromatic heterocycles. The van der Waals surface area contributed by atoms with Crippen molar-refractivity contribution in [2.45, 2.75) is 6.92 Å². The first kappa shape index (κ1) is 23.8. The SMILES string of the molecule is COc1ccc(C=C(C)C(=O)c2cc(OC)c(OC)c(OC)c2)cc1C(N)=O.Cl. The van der Waals surface area contributed by atoms with Crippen molar-refractivity contribution in [1.29, 1.82) is 0 Å². The molecule has 0 radical (unpaired) electrons. The molecule has 0 aliphatic carbocycles. The van der Waals surface area contributed by atoms with E-state index >= 15 is 0 Å². The van der Waals surface area contributed by atoms with Crippen molar-refractivity contribution in [2.75, 3.05) is 28.4 Å². The van der Waals surface area contributed by atoms with Crippen molar-refractivity contribution >= 4 is 30.2 Å². The Kier molecular flexibility index (Phi) is 8.54. The zero-order chi connectivity index (χ0) is 20.8. The molecule has 29 heavy (non-hydrogen) atoms. The first-order valence-corrected chi connectivity index (χ1v) is 8.37. The molecule has 1 amide bonds. The second kappa shape index (κ2) is 10.4. The fourth-order valence-electron chi connectivity index (χ4n) is 2.76. The van der Waals surface area contributed by atoms with Crippen LogP contribution in [-0.2, 0) is 0 Å². The van der Waals surface area contributed by atoms with Crippen LogP contribution in [-0.4, -0.2) is 40.1 Å². The van der Waals surface area contributed by atoms with E-state index in [1.54, 1.807) is 43.3 Å². The Labute approximate surface area is 175 Å². The molecule has 0 unspecified atom stereocenters. The van der Waals surface area contributed by atoms with Crippen LogP contribution in [0.4, 0.5) is 0 Å². The Bertz CT molecular complexity index is 914. The molecule has 156 valence electrons. The highest BCUT2D eigenvalue weighted by Gasteiger charge is 2.18. The van der Waals surface area contributed by atoms with E-state index in [9.17, 15) is 9.59 Å². The number of Topliss-reactive ketones (excluding diaryl/α,β-unsaturated/α-hetero) is 1. The number of methoxy groups -OCH3 is 4. The largest absolute Gasteiger partial charge is 0.496 e. The van der Waals surface area contributed by atoms with E-state index < -0.39 is 5.91 Å². The molecule has 0 aliphatic heterocycles. The quantitative estimate of drug-likeness (QED) is 0.517. The first-order chi connectivity index (χ1) is 13.4. The Hall–Kier alpha value is -3.19. The number of benzene rings is 2. The van der Waals surface area contributed by atoms with Gasteiger partial charge in [-0.2, -0.15) is 0 Å². The summed E-state index contributed by atoms with van der Waals surface area (Å²) < 4.78 is 21.0. The third-order valence-electron chi connectivity index (χ3n) is 4.16. The summed E-state index contributed by atoms with van der Waals surface area (Å²) in [6.45, 7) is 1.68. The van der Waals surface area contributed by atoms with E-state index in [4.69, 9.17) is 24.7 Å². The molecular formula is C21H24ClNO6. The molecule has 0 saturated heterocycles. The van der Waals surface area contributed by atoms with Crippen LogP contribution in [0.1, 0.15) is 33.2 Å². The Morgan fingerprint density at radius 2 is 1.41 bits per heavy atom. The number of amides is 1. The van der Waals surface area contributed by atoms with Crippen molar-refractivity contribution in [1.82, 2.24) is 0 Å². The number of hydrogen-bond acceptors (Lipinski definition) is 6. The second-order valence-corrected chi connectivity index (χ2v) is 5.89. The monoisotopic (exact) mass is 421 g/mol. The molecule has 0 atom stereocenters. The standard InChI is InChI=1S/C21H23NO6.ClH/c1-12(8-13-6-7-16(25-2)15(9-13)21(22)24)19(23)14-10-17(26-3)20(28-5)18(11-14)27-4;/h6-11H,1-5H3,(H2,22,24);1H. The topological polar surface area (TPSA) is 97.1 Å². The minimum Gasteiger partial charge on any atom is -0.496 e. The second-order valence-electron chi connectivity index (χ2n) is 5.89. The molecule has 0 spiro atoms. The van der Waals surface area contributed by atoms with Gasteiger partial charge < -0.3 is 24.7 Å². The minimum absolute atomic E-state index is 0. The lowest BCUT2D eigenvalue weighted by Crippen LogP contribution is -2.12. The summed E-state index contributed by atoms with van der Waals surface area (Å²) in [5.41, 5.74) is 7.11. The van der Waals surface area contributed by atoms with E-state index in [1.807, 2.05) is 0 Å². The highest BCUT2D eigenvalue weighted by Crippen LogP contribution is 2.38. The van der Waals surface area contributed by atoms with Crippen molar-refractivity contribution in [3.8, 4) is 23.0 Å². The number of hydrogen-bond donors (Lipinski definition) is 1. The molecule has 0 saturated carbocycles. The van der Waals surface area contributed by atoms with Crippen molar-refractivity contribution < 1.29 is 28.5 Å². The van der Waals surface area contributed by atoms with Crippen molar-refractivity contribution in [2.24, 2.45) is 5.73 Å². The van der Waals surface area contributed by atoms with Gasteiger partial charge in [0, 0.05) is 5.56 Å². The fraction of sp³-hybridized carbons (Fsp3) is 0.238. The van der Waals surface area contributed by atoms with Crippen LogP contribution in [0, 0.1) is 0 Å². The molecular weight excluding hydrogens is 398 g/mol. The van der Waals surface area contributed by atoms with Gasteiger partial charge in [0.05, 0.1) is 34.0 Å². The van der Waals surface area contributed by atoms with Gasteiger partial charge in [0.1, 0.15) is 5.75 Å². The Morgan fingerprint density at radius 3 is 1.86 bits per heavy atom. The van der Waals surface area contributed by atoms with Crippen molar-refractivity contribution in [3.63, 3.8) is 0 Å². The predicted octanol–water partition coefficient (Wildman–Crippen LogP) is 3.53. The molecule has 8 heteroatoms. The van der Waals surface area contributed by atoms with Crippen LogP contribution in [0.25, 0.3) is 6.08 Å². The summed E-state index contributed by atoms with van der Waals surface area (Å²) in [5.74, 6) is 0.719. The zero-order valence-electron chi connectivity index (χ0n) is 16.9. The lowest BCUT2D eigenvalue weighted by atomic mass is 10.0. The summed E-state index contributed by atoms with van der Waals surface area (Å²) in [7, 11) is 5.91. The number of primary amides is 1. The number of ether oxygens (including phenoxy) is 4. The first-order valence-electron chi connectivity index (χ1n) is 8.37. The summed E-state index contributed by atoms with van der Waals surface area (Å²) in [5, 5.41) is 0. The van der Waals surface area contributed by atoms with Gasteiger partial charge in [-0.1, -0.05) is 6.07 Å². The summed E-state index contributed by atoms with van der Waals surface area (Å²) in [4.78, 5) is 24.5. The smallest absolute Gasteiger partial charge is 0.252 e. The number of carbonyl (C=O) groups excluding carboxylic acids is 2. The van der Waals surface area contributed by atoms with Gasteiger partial charge in [-0.15, -0.1) is 12.4 Å². The Balaban J connectivity index is 0.00000420. The normalized spacial score (nSPS) is 10.6. The van der Waals surface area contributed by atoms with Gasteiger partial charge in [0.25, 0.3) is 5.91 Å². The molecule has 2 N–H and O–H groups in total. The van der Waals surface area contributed by atoms with E-state index in [0.717, 1.165) is 0 Å². The lowest BCUT2D eigenvalue weighted by Gasteiger charge is -2.14. The third-order valence-corrected chi connectivity index (χ3v) is 4.16. The highest BCUT2D eigenvalue weighted by atomic mass is 35.5. The van der Waals surface area contributed by atoms with E-state index in [1.165, 1.54) is 28.4 Å². The molecule has 2 aromatic carbocycles. The molecule has 0 fully saturated rings. The van der Waals surface area contributed by atoms with Gasteiger partial charge in [-0.25, -0.2) is 0 Å². The van der Waals surface area contributed by atoms with Crippen LogP contribution < -0.4 is 24.7 Å². The van der Waals surface area contributed by atoms with Gasteiger partial charge >= 0.3 is 0 Å². The molecule has 2 aromatic rings. The number of ketones is 1.